The molecule has 2 aromatic carbocycles. The van der Waals surface area contributed by atoms with Crippen LogP contribution in [0.15, 0.2) is 45.0 Å². The predicted octanol–water partition coefficient (Wildman–Crippen LogP) is 2.30. The van der Waals surface area contributed by atoms with Crippen LogP contribution < -0.4 is 10.2 Å². The van der Waals surface area contributed by atoms with Crippen molar-refractivity contribution in [3.8, 4) is 0 Å². The summed E-state index contributed by atoms with van der Waals surface area (Å²) in [5.74, 6) is 0. The highest BCUT2D eigenvalue weighted by Crippen LogP contribution is 2.41. The van der Waals surface area contributed by atoms with Crippen LogP contribution in [0.25, 0.3) is 0 Å². The molecule has 0 radical (unpaired) electrons. The summed E-state index contributed by atoms with van der Waals surface area (Å²) in [6, 6.07) is 8.68. The van der Waals surface area contributed by atoms with Crippen molar-refractivity contribution in [2.45, 2.75) is 28.5 Å². The van der Waals surface area contributed by atoms with Crippen molar-refractivity contribution in [1.29, 1.82) is 0 Å². The van der Waals surface area contributed by atoms with Gasteiger partial charge in [-0.2, -0.15) is 0 Å². The van der Waals surface area contributed by atoms with E-state index in [9.17, 15) is 17.8 Å². The quantitative estimate of drug-likeness (QED) is 0.699. The minimum absolute atomic E-state index is 0.0786. The molecule has 6 nitrogen and oxygen atoms in total. The van der Waals surface area contributed by atoms with Crippen LogP contribution in [0, 0.1) is 19.1 Å². The minimum atomic E-state index is -4.13. The minimum Gasteiger partial charge on any atom is -0.775 e. The van der Waals surface area contributed by atoms with Gasteiger partial charge in [-0.05, 0) is 43.2 Å². The van der Waals surface area contributed by atoms with Crippen molar-refractivity contribution < 1.29 is 12.6 Å². The van der Waals surface area contributed by atoms with Crippen LogP contribution in [0.2, 0.25) is 0 Å². The summed E-state index contributed by atoms with van der Waals surface area (Å²) < 4.78 is 36.5. The van der Waals surface area contributed by atoms with Gasteiger partial charge in [-0.3, -0.25) is 4.89 Å². The molecule has 0 spiro atoms. The van der Waals surface area contributed by atoms with Crippen LogP contribution in [-0.4, -0.2) is 12.6 Å². The lowest BCUT2D eigenvalue weighted by Crippen LogP contribution is -2.21. The number of rotatable bonds is 2. The number of para-hydroxylation sites is 1. The van der Waals surface area contributed by atoms with Crippen molar-refractivity contribution in [3.05, 3.63) is 46.7 Å². The van der Waals surface area contributed by atoms with E-state index in [4.69, 9.17) is 0 Å². The average molecular weight is 337 g/mol. The zero-order chi connectivity index (χ0) is 16.1. The number of hydrogen-bond donors (Lipinski definition) is 2. The standard InChI is InChI=1S/C14H13N2O4S2/c1-8-7-12-13(9(2)14(8)22(19,20)16-17)15-10-5-3-4-6-11(10)21(12)18/h3-7,15-16H,1-2H3/q-1. The molecule has 22 heavy (non-hydrogen) atoms. The Morgan fingerprint density at radius 3 is 2.55 bits per heavy atom. The average Bonchev–Trinajstić information content (AvgIpc) is 2.49. The molecule has 2 N–H and O–H groups in total. The number of anilines is 2. The third-order valence-electron chi connectivity index (χ3n) is 3.59. The summed E-state index contributed by atoms with van der Waals surface area (Å²) in [5.41, 5.74) is 1.89. The van der Waals surface area contributed by atoms with Crippen LogP contribution in [0.5, 0.6) is 0 Å². The molecule has 1 aliphatic heterocycles. The Labute approximate surface area is 130 Å². The molecule has 0 fully saturated rings. The Kier molecular flexibility index (Phi) is 3.56. The number of benzene rings is 2. The highest BCUT2D eigenvalue weighted by atomic mass is 32.2. The van der Waals surface area contributed by atoms with Gasteiger partial charge in [-0.25, -0.2) is 12.6 Å². The smallest absolute Gasteiger partial charge is 0.229 e. The van der Waals surface area contributed by atoms with Gasteiger partial charge in [-0.15, -0.1) is 0 Å². The molecule has 0 bridgehead atoms. The zero-order valence-electron chi connectivity index (χ0n) is 11.8. The maximum atomic E-state index is 12.7. The summed E-state index contributed by atoms with van der Waals surface area (Å²) in [6.45, 7) is 3.17. The SMILES string of the molecule is Cc1cc2c(c(C)c1S(=O)(=O)N[O-])Nc1ccccc1S2=O. The van der Waals surface area contributed by atoms with Crippen LogP contribution in [0.4, 0.5) is 11.4 Å². The van der Waals surface area contributed by atoms with Gasteiger partial charge in [0.25, 0.3) is 0 Å². The number of hydrogen-bond acceptors (Lipinski definition) is 5. The summed E-state index contributed by atoms with van der Waals surface area (Å²) in [5, 5.41) is 13.9. The first-order chi connectivity index (χ1) is 10.4. The lowest BCUT2D eigenvalue weighted by molar-refractivity contribution is 0.589. The summed E-state index contributed by atoms with van der Waals surface area (Å²) in [4.78, 5) is 2.17. The molecular formula is C14H13N2O4S2-. The molecule has 1 heterocycles. The van der Waals surface area contributed by atoms with E-state index in [1.165, 1.54) is 0 Å². The Morgan fingerprint density at radius 2 is 1.86 bits per heavy atom. The first-order valence-corrected chi connectivity index (χ1v) is 9.06. The second-order valence-corrected chi connectivity index (χ2v) is 8.00. The van der Waals surface area contributed by atoms with Crippen molar-refractivity contribution >= 4 is 32.2 Å². The maximum absolute atomic E-state index is 12.7. The second kappa shape index (κ2) is 5.17. The zero-order valence-corrected chi connectivity index (χ0v) is 13.5. The Balaban J connectivity index is 2.30. The molecule has 0 aliphatic carbocycles. The molecule has 2 aromatic rings. The van der Waals surface area contributed by atoms with Crippen molar-refractivity contribution in [3.63, 3.8) is 0 Å². The maximum Gasteiger partial charge on any atom is 0.229 e. The van der Waals surface area contributed by atoms with Gasteiger partial charge >= 0.3 is 0 Å². The van der Waals surface area contributed by atoms with Gasteiger partial charge in [0.2, 0.25) is 10.0 Å². The van der Waals surface area contributed by atoms with Gasteiger partial charge < -0.3 is 10.5 Å². The summed E-state index contributed by atoms with van der Waals surface area (Å²) in [6.07, 6.45) is 0. The molecule has 3 rings (SSSR count). The van der Waals surface area contributed by atoms with E-state index in [2.05, 4.69) is 5.32 Å². The number of fused-ring (bicyclic) bond motifs is 2. The molecule has 0 saturated carbocycles. The van der Waals surface area contributed by atoms with E-state index in [1.54, 1.807) is 44.2 Å². The van der Waals surface area contributed by atoms with E-state index in [0.29, 0.717) is 32.3 Å². The van der Waals surface area contributed by atoms with Gasteiger partial charge in [-0.1, -0.05) is 12.1 Å². The number of nitrogens with one attached hydrogen (secondary N) is 2. The van der Waals surface area contributed by atoms with E-state index in [0.717, 1.165) is 4.89 Å². The molecule has 116 valence electrons. The molecule has 1 aliphatic rings. The first-order valence-electron chi connectivity index (χ1n) is 6.43. The molecule has 0 amide bonds. The molecular weight excluding hydrogens is 324 g/mol. The normalized spacial score (nSPS) is 16.6. The molecule has 8 heteroatoms. The third kappa shape index (κ3) is 2.15. The van der Waals surface area contributed by atoms with E-state index < -0.39 is 20.8 Å². The van der Waals surface area contributed by atoms with Crippen LogP contribution in [0.3, 0.4) is 0 Å². The highest BCUT2D eigenvalue weighted by Gasteiger charge is 2.28. The van der Waals surface area contributed by atoms with Crippen LogP contribution >= 0.6 is 0 Å². The molecule has 0 saturated heterocycles. The van der Waals surface area contributed by atoms with Gasteiger partial charge in [0.1, 0.15) is 0 Å². The van der Waals surface area contributed by atoms with Gasteiger partial charge in [0.15, 0.2) is 0 Å². The molecule has 0 aromatic heterocycles. The van der Waals surface area contributed by atoms with E-state index >= 15 is 0 Å². The lowest BCUT2D eigenvalue weighted by Gasteiger charge is -2.25. The van der Waals surface area contributed by atoms with Gasteiger partial charge in [0.05, 0.1) is 36.9 Å². The molecule has 1 unspecified atom stereocenters. The number of sulfonamides is 1. The molecule has 1 atom stereocenters. The lowest BCUT2D eigenvalue weighted by atomic mass is 10.1. The van der Waals surface area contributed by atoms with Crippen LogP contribution in [0.1, 0.15) is 11.1 Å². The first kappa shape index (κ1) is 15.2. The Bertz CT molecular complexity index is 907. The topological polar surface area (TPSA) is 98.3 Å². The van der Waals surface area contributed by atoms with Crippen LogP contribution in [-0.2, 0) is 20.8 Å². The van der Waals surface area contributed by atoms with Crippen molar-refractivity contribution in [2.24, 2.45) is 0 Å². The Morgan fingerprint density at radius 1 is 1.18 bits per heavy atom. The summed E-state index contributed by atoms with van der Waals surface area (Å²) in [7, 11) is -5.54. The van der Waals surface area contributed by atoms with Crippen molar-refractivity contribution in [1.82, 2.24) is 4.89 Å². The Hall–Kier alpha value is -1.74. The summed E-state index contributed by atoms with van der Waals surface area (Å²) >= 11 is 0. The largest absolute Gasteiger partial charge is 0.775 e. The number of aryl methyl sites for hydroxylation is 1. The fourth-order valence-electron chi connectivity index (χ4n) is 2.67. The third-order valence-corrected chi connectivity index (χ3v) is 6.45. The highest BCUT2D eigenvalue weighted by molar-refractivity contribution is 7.89. The second-order valence-electron chi connectivity index (χ2n) is 5.00. The van der Waals surface area contributed by atoms with E-state index in [1.807, 2.05) is 0 Å². The monoisotopic (exact) mass is 337 g/mol. The fraction of sp³-hybridized carbons (Fsp3) is 0.143. The predicted molar refractivity (Wildman–Crippen MR) is 84.0 cm³/mol. The van der Waals surface area contributed by atoms with Crippen molar-refractivity contribution in [2.75, 3.05) is 5.32 Å². The van der Waals surface area contributed by atoms with E-state index in [-0.39, 0.29) is 4.90 Å². The fourth-order valence-corrected chi connectivity index (χ4v) is 5.17. The van der Waals surface area contributed by atoms with Gasteiger partial charge in [0, 0.05) is 0 Å².